The number of benzene rings is 2. The average molecular weight is 414 g/mol. The van der Waals surface area contributed by atoms with Crippen LogP contribution in [0.3, 0.4) is 0 Å². The number of carbonyl (C=O) groups is 2. The summed E-state index contributed by atoms with van der Waals surface area (Å²) in [4.78, 5) is 23.4. The van der Waals surface area contributed by atoms with E-state index in [1.165, 1.54) is 13.3 Å². The average Bonchev–Trinajstić information content (AvgIpc) is 2.72. The first-order valence-electron chi connectivity index (χ1n) is 9.42. The molecule has 0 fully saturated rings. The Hall–Kier alpha value is -3.55. The fraction of sp³-hybridized carbons (Fsp3) is 0.318. The molecular formula is C22H26N2O6. The maximum absolute atomic E-state index is 12.0. The number of methoxy groups -OCH3 is 1. The van der Waals surface area contributed by atoms with Crippen LogP contribution in [0.1, 0.15) is 23.6 Å². The van der Waals surface area contributed by atoms with Crippen LogP contribution in [0.2, 0.25) is 0 Å². The summed E-state index contributed by atoms with van der Waals surface area (Å²) in [5, 5.41) is 3.93. The van der Waals surface area contributed by atoms with Gasteiger partial charge in [0, 0.05) is 0 Å². The Kier molecular flexibility index (Phi) is 8.68. The standard InChI is InChI=1S/C22H26N2O6/c1-5-28-21(26)14-29-18-10-9-17(11-19(18)27-4)12-23-24-20(25)13-30-22-15(2)7-6-8-16(22)3/h6-12H,5,13-14H2,1-4H3,(H,24,25)/b23-12-. The number of amides is 1. The monoisotopic (exact) mass is 414 g/mol. The van der Waals surface area contributed by atoms with Crippen molar-refractivity contribution in [3.63, 3.8) is 0 Å². The van der Waals surface area contributed by atoms with E-state index in [0.29, 0.717) is 22.8 Å². The van der Waals surface area contributed by atoms with Crippen molar-refractivity contribution >= 4 is 18.1 Å². The molecule has 0 radical (unpaired) electrons. The second-order valence-electron chi connectivity index (χ2n) is 6.31. The van der Waals surface area contributed by atoms with Crippen molar-refractivity contribution < 1.29 is 28.5 Å². The van der Waals surface area contributed by atoms with E-state index in [0.717, 1.165) is 11.1 Å². The number of rotatable bonds is 10. The van der Waals surface area contributed by atoms with Crippen molar-refractivity contribution in [3.8, 4) is 17.2 Å². The van der Waals surface area contributed by atoms with E-state index in [1.807, 2.05) is 32.0 Å². The zero-order valence-electron chi connectivity index (χ0n) is 17.6. The van der Waals surface area contributed by atoms with Crippen molar-refractivity contribution in [1.29, 1.82) is 0 Å². The Morgan fingerprint density at radius 3 is 2.43 bits per heavy atom. The molecule has 160 valence electrons. The molecule has 0 saturated carbocycles. The summed E-state index contributed by atoms with van der Waals surface area (Å²) in [7, 11) is 1.49. The molecule has 0 atom stereocenters. The first-order valence-corrected chi connectivity index (χ1v) is 9.42. The lowest BCUT2D eigenvalue weighted by Gasteiger charge is -2.11. The number of hydrogen-bond acceptors (Lipinski definition) is 7. The molecule has 1 N–H and O–H groups in total. The number of esters is 1. The fourth-order valence-electron chi connectivity index (χ4n) is 2.60. The lowest BCUT2D eigenvalue weighted by molar-refractivity contribution is -0.145. The number of hydrogen-bond donors (Lipinski definition) is 1. The molecule has 0 spiro atoms. The molecule has 8 nitrogen and oxygen atoms in total. The highest BCUT2D eigenvalue weighted by Crippen LogP contribution is 2.27. The smallest absolute Gasteiger partial charge is 0.344 e. The first-order chi connectivity index (χ1) is 14.4. The van der Waals surface area contributed by atoms with Gasteiger partial charge in [-0.25, -0.2) is 10.2 Å². The molecule has 0 heterocycles. The van der Waals surface area contributed by atoms with Crippen LogP contribution in [0.25, 0.3) is 0 Å². The Morgan fingerprint density at radius 1 is 1.03 bits per heavy atom. The second-order valence-corrected chi connectivity index (χ2v) is 6.31. The van der Waals surface area contributed by atoms with Crippen LogP contribution in [0.4, 0.5) is 0 Å². The third kappa shape index (κ3) is 6.80. The van der Waals surface area contributed by atoms with Gasteiger partial charge in [-0.05, 0) is 55.7 Å². The topological polar surface area (TPSA) is 95.5 Å². The minimum atomic E-state index is -0.462. The zero-order chi connectivity index (χ0) is 21.9. The molecule has 2 rings (SSSR count). The van der Waals surface area contributed by atoms with Gasteiger partial charge in [0.25, 0.3) is 5.91 Å². The second kappa shape index (κ2) is 11.5. The molecular weight excluding hydrogens is 388 g/mol. The third-order valence-corrected chi connectivity index (χ3v) is 4.00. The molecule has 0 unspecified atom stereocenters. The van der Waals surface area contributed by atoms with E-state index in [-0.39, 0.29) is 25.7 Å². The van der Waals surface area contributed by atoms with E-state index in [9.17, 15) is 9.59 Å². The third-order valence-electron chi connectivity index (χ3n) is 4.00. The fourth-order valence-corrected chi connectivity index (χ4v) is 2.60. The predicted octanol–water partition coefficient (Wildman–Crippen LogP) is 2.78. The molecule has 0 aliphatic rings. The van der Waals surface area contributed by atoms with Crippen LogP contribution in [0, 0.1) is 13.8 Å². The summed E-state index contributed by atoms with van der Waals surface area (Å²) in [5.41, 5.74) is 5.01. The highest BCUT2D eigenvalue weighted by molar-refractivity contribution is 5.83. The predicted molar refractivity (Wildman–Crippen MR) is 112 cm³/mol. The summed E-state index contributed by atoms with van der Waals surface area (Å²) in [6.07, 6.45) is 1.47. The molecule has 0 aliphatic heterocycles. The summed E-state index contributed by atoms with van der Waals surface area (Å²) < 4.78 is 21.1. The molecule has 30 heavy (non-hydrogen) atoms. The molecule has 0 aliphatic carbocycles. The number of aryl methyl sites for hydroxylation is 2. The molecule has 0 saturated heterocycles. The van der Waals surface area contributed by atoms with Crippen molar-refractivity contribution in [2.24, 2.45) is 5.10 Å². The van der Waals surface area contributed by atoms with Gasteiger partial charge in [0.2, 0.25) is 0 Å². The van der Waals surface area contributed by atoms with Crippen LogP contribution < -0.4 is 19.6 Å². The van der Waals surface area contributed by atoms with Crippen LogP contribution in [0.15, 0.2) is 41.5 Å². The lowest BCUT2D eigenvalue weighted by atomic mass is 10.1. The highest BCUT2D eigenvalue weighted by atomic mass is 16.6. The number of nitrogens with one attached hydrogen (secondary N) is 1. The number of carbonyl (C=O) groups excluding carboxylic acids is 2. The molecule has 8 heteroatoms. The maximum Gasteiger partial charge on any atom is 0.344 e. The number of hydrazone groups is 1. The van der Waals surface area contributed by atoms with Gasteiger partial charge < -0.3 is 18.9 Å². The Bertz CT molecular complexity index is 890. The van der Waals surface area contributed by atoms with Gasteiger partial charge in [-0.2, -0.15) is 5.10 Å². The van der Waals surface area contributed by atoms with Gasteiger partial charge in [-0.15, -0.1) is 0 Å². The van der Waals surface area contributed by atoms with E-state index in [4.69, 9.17) is 18.9 Å². The molecule has 1 amide bonds. The van der Waals surface area contributed by atoms with Gasteiger partial charge in [0.15, 0.2) is 24.7 Å². The summed E-state index contributed by atoms with van der Waals surface area (Å²) in [6, 6.07) is 10.8. The minimum Gasteiger partial charge on any atom is -0.493 e. The van der Waals surface area contributed by atoms with Crippen molar-refractivity contribution in [3.05, 3.63) is 53.1 Å². The van der Waals surface area contributed by atoms with Crippen LogP contribution in [-0.2, 0) is 14.3 Å². The molecule has 0 aromatic heterocycles. The summed E-state index contributed by atoms with van der Waals surface area (Å²) in [5.74, 6) is 0.674. The Labute approximate surface area is 175 Å². The molecule has 0 bridgehead atoms. The van der Waals surface area contributed by atoms with Gasteiger partial charge in [0.05, 0.1) is 19.9 Å². The summed E-state index contributed by atoms with van der Waals surface area (Å²) in [6.45, 7) is 5.50. The van der Waals surface area contributed by atoms with Crippen LogP contribution in [0.5, 0.6) is 17.2 Å². The quantitative estimate of drug-likeness (QED) is 0.365. The summed E-state index contributed by atoms with van der Waals surface area (Å²) >= 11 is 0. The highest BCUT2D eigenvalue weighted by Gasteiger charge is 2.09. The van der Waals surface area contributed by atoms with Gasteiger partial charge in [-0.3, -0.25) is 4.79 Å². The maximum atomic E-state index is 12.0. The van der Waals surface area contributed by atoms with E-state index >= 15 is 0 Å². The number of para-hydroxylation sites is 1. The van der Waals surface area contributed by atoms with Crippen molar-refractivity contribution in [1.82, 2.24) is 5.43 Å². The van der Waals surface area contributed by atoms with Gasteiger partial charge in [-0.1, -0.05) is 18.2 Å². The minimum absolute atomic E-state index is 0.146. The Balaban J connectivity index is 1.89. The van der Waals surface area contributed by atoms with Gasteiger partial charge >= 0.3 is 5.97 Å². The SMILES string of the molecule is CCOC(=O)COc1ccc(/C=N\NC(=O)COc2c(C)cccc2C)cc1OC. The van der Waals surface area contributed by atoms with Crippen molar-refractivity contribution in [2.45, 2.75) is 20.8 Å². The molecule has 2 aromatic carbocycles. The van der Waals surface area contributed by atoms with E-state index < -0.39 is 5.97 Å². The van der Waals surface area contributed by atoms with E-state index in [1.54, 1.807) is 25.1 Å². The van der Waals surface area contributed by atoms with Gasteiger partial charge in [0.1, 0.15) is 5.75 Å². The normalized spacial score (nSPS) is 10.5. The zero-order valence-corrected chi connectivity index (χ0v) is 17.6. The Morgan fingerprint density at radius 2 is 1.77 bits per heavy atom. The van der Waals surface area contributed by atoms with E-state index in [2.05, 4.69) is 10.5 Å². The molecule has 2 aromatic rings. The number of nitrogens with zero attached hydrogens (tertiary/aromatic N) is 1. The lowest BCUT2D eigenvalue weighted by Crippen LogP contribution is -2.25. The largest absolute Gasteiger partial charge is 0.493 e. The first kappa shape index (κ1) is 22.7. The van der Waals surface area contributed by atoms with Crippen LogP contribution >= 0.6 is 0 Å². The van der Waals surface area contributed by atoms with Crippen molar-refractivity contribution in [2.75, 3.05) is 26.9 Å². The van der Waals surface area contributed by atoms with Crippen LogP contribution in [-0.4, -0.2) is 45.0 Å². The number of ether oxygens (including phenoxy) is 4.